The average molecular weight is 461 g/mol. The van der Waals surface area contributed by atoms with Gasteiger partial charge in [0.2, 0.25) is 5.91 Å². The molecule has 5 heteroatoms. The van der Waals surface area contributed by atoms with Gasteiger partial charge in [0.05, 0.1) is 13.0 Å². The van der Waals surface area contributed by atoms with E-state index in [-0.39, 0.29) is 23.6 Å². The number of likely N-dealkylation sites (tertiary alicyclic amines) is 1. The first-order valence-electron chi connectivity index (χ1n) is 11.8. The summed E-state index contributed by atoms with van der Waals surface area (Å²) < 4.78 is 19.3. The molecular formula is C29H33FN2O2. The minimum absolute atomic E-state index is 0.122. The molecule has 34 heavy (non-hydrogen) atoms. The van der Waals surface area contributed by atoms with Gasteiger partial charge in [-0.15, -0.1) is 0 Å². The van der Waals surface area contributed by atoms with Gasteiger partial charge in [0.1, 0.15) is 11.6 Å². The van der Waals surface area contributed by atoms with E-state index in [1.165, 1.54) is 0 Å². The highest BCUT2D eigenvalue weighted by atomic mass is 19.1. The molecule has 3 aromatic carbocycles. The van der Waals surface area contributed by atoms with E-state index in [0.29, 0.717) is 18.7 Å². The molecule has 3 aromatic rings. The van der Waals surface area contributed by atoms with Crippen molar-refractivity contribution in [1.29, 1.82) is 0 Å². The second-order valence-electron chi connectivity index (χ2n) is 9.36. The van der Waals surface area contributed by atoms with Gasteiger partial charge in [-0.05, 0) is 59.7 Å². The van der Waals surface area contributed by atoms with Gasteiger partial charge in [0, 0.05) is 33.2 Å². The number of rotatable bonds is 7. The van der Waals surface area contributed by atoms with Crippen LogP contribution >= 0.6 is 0 Å². The molecule has 4 rings (SSSR count). The molecule has 178 valence electrons. The molecule has 1 aliphatic heterocycles. The fraction of sp³-hybridized carbons (Fsp3) is 0.345. The number of carbonyl (C=O) groups excluding carboxylic acids is 1. The summed E-state index contributed by atoms with van der Waals surface area (Å²) in [5.41, 5.74) is 4.01. The van der Waals surface area contributed by atoms with E-state index in [9.17, 15) is 9.18 Å². The summed E-state index contributed by atoms with van der Waals surface area (Å²) >= 11 is 0. The smallest absolute Gasteiger partial charge is 0.227 e. The van der Waals surface area contributed by atoms with Crippen LogP contribution < -0.4 is 4.74 Å². The van der Waals surface area contributed by atoms with Gasteiger partial charge in [-0.2, -0.15) is 0 Å². The highest BCUT2D eigenvalue weighted by molar-refractivity contribution is 5.79. The van der Waals surface area contributed by atoms with Crippen LogP contribution in [0.2, 0.25) is 0 Å². The predicted octanol–water partition coefficient (Wildman–Crippen LogP) is 5.41. The third-order valence-electron chi connectivity index (χ3n) is 6.71. The lowest BCUT2D eigenvalue weighted by molar-refractivity contribution is -0.137. The molecule has 0 radical (unpaired) electrons. The van der Waals surface area contributed by atoms with Crippen LogP contribution in [0.15, 0.2) is 72.8 Å². The summed E-state index contributed by atoms with van der Waals surface area (Å²) in [7, 11) is 3.55. The molecule has 1 amide bonds. The Bertz CT molecular complexity index is 1120. The van der Waals surface area contributed by atoms with Gasteiger partial charge >= 0.3 is 0 Å². The molecule has 0 N–H and O–H groups in total. The number of methoxy groups -OCH3 is 1. The molecule has 2 unspecified atom stereocenters. The number of aryl methyl sites for hydroxylation is 1. The maximum atomic E-state index is 13.9. The summed E-state index contributed by atoms with van der Waals surface area (Å²) in [6.45, 7) is 4.65. The zero-order chi connectivity index (χ0) is 24.1. The maximum Gasteiger partial charge on any atom is 0.227 e. The van der Waals surface area contributed by atoms with Gasteiger partial charge < -0.3 is 9.64 Å². The molecule has 0 saturated carbocycles. The molecule has 0 spiro atoms. The SMILES string of the molecule is COc1cccc(CN2CC(C(=O)N(C)Cc3ccccc3)CC(c3ccc(F)c(C)c3)C2)c1. The minimum Gasteiger partial charge on any atom is -0.497 e. The molecule has 2 atom stereocenters. The summed E-state index contributed by atoms with van der Waals surface area (Å²) in [6.07, 6.45) is 0.762. The van der Waals surface area contributed by atoms with E-state index in [2.05, 4.69) is 11.0 Å². The first-order valence-corrected chi connectivity index (χ1v) is 11.8. The van der Waals surface area contributed by atoms with Crippen molar-refractivity contribution in [3.8, 4) is 5.75 Å². The minimum atomic E-state index is -0.192. The highest BCUT2D eigenvalue weighted by Crippen LogP contribution is 2.33. The molecular weight excluding hydrogens is 427 g/mol. The van der Waals surface area contributed by atoms with Crippen LogP contribution in [0.3, 0.4) is 0 Å². The Kier molecular flexibility index (Phi) is 7.63. The number of amides is 1. The summed E-state index contributed by atoms with van der Waals surface area (Å²) in [5.74, 6) is 0.836. The first-order chi connectivity index (χ1) is 16.4. The zero-order valence-corrected chi connectivity index (χ0v) is 20.2. The quantitative estimate of drug-likeness (QED) is 0.473. The molecule has 0 bridgehead atoms. The van der Waals surface area contributed by atoms with Gasteiger partial charge in [-0.1, -0.05) is 54.6 Å². The number of carbonyl (C=O) groups is 1. The number of piperidine rings is 1. The standard InChI is InChI=1S/C29H33FN2O2/c1-21-14-24(12-13-28(21)30)25-16-26(29(33)31(2)17-22-8-5-4-6-9-22)20-32(19-25)18-23-10-7-11-27(15-23)34-3/h4-15,25-26H,16-20H2,1-3H3. The van der Waals surface area contributed by atoms with Gasteiger partial charge in [-0.3, -0.25) is 9.69 Å². The van der Waals surface area contributed by atoms with Gasteiger partial charge in [-0.25, -0.2) is 4.39 Å². The topological polar surface area (TPSA) is 32.8 Å². The third kappa shape index (κ3) is 5.84. The highest BCUT2D eigenvalue weighted by Gasteiger charge is 2.34. The molecule has 1 heterocycles. The molecule has 0 aromatic heterocycles. The number of hydrogen-bond acceptors (Lipinski definition) is 3. The van der Waals surface area contributed by atoms with Gasteiger partial charge in [0.15, 0.2) is 0 Å². The van der Waals surface area contributed by atoms with E-state index < -0.39 is 0 Å². The summed E-state index contributed by atoms with van der Waals surface area (Å²) in [6, 6.07) is 23.5. The Morgan fingerprint density at radius 3 is 2.53 bits per heavy atom. The van der Waals surface area contributed by atoms with Crippen molar-refractivity contribution in [2.24, 2.45) is 5.92 Å². The lowest BCUT2D eigenvalue weighted by Crippen LogP contribution is -2.45. The number of halogens is 1. The van der Waals surface area contributed by atoms with Crippen LogP contribution in [0.4, 0.5) is 4.39 Å². The largest absolute Gasteiger partial charge is 0.497 e. The Labute approximate surface area is 202 Å². The van der Waals surface area contributed by atoms with Crippen molar-refractivity contribution in [3.05, 3.63) is 101 Å². The van der Waals surface area contributed by atoms with Crippen molar-refractivity contribution < 1.29 is 13.9 Å². The van der Waals surface area contributed by atoms with Gasteiger partial charge in [0.25, 0.3) is 0 Å². The molecule has 0 aliphatic carbocycles. The van der Waals surface area contributed by atoms with E-state index in [4.69, 9.17) is 4.74 Å². The maximum absolute atomic E-state index is 13.9. The van der Waals surface area contributed by atoms with E-state index in [0.717, 1.165) is 42.0 Å². The van der Waals surface area contributed by atoms with Crippen molar-refractivity contribution in [2.45, 2.75) is 32.4 Å². The Hall–Kier alpha value is -3.18. The Balaban J connectivity index is 1.55. The van der Waals surface area contributed by atoms with Crippen molar-refractivity contribution in [3.63, 3.8) is 0 Å². The van der Waals surface area contributed by atoms with Crippen LogP contribution in [0.25, 0.3) is 0 Å². The number of nitrogens with zero attached hydrogens (tertiary/aromatic N) is 2. The molecule has 1 aliphatic rings. The Morgan fingerprint density at radius 2 is 1.79 bits per heavy atom. The molecule has 1 fully saturated rings. The molecule has 1 saturated heterocycles. The monoisotopic (exact) mass is 460 g/mol. The Morgan fingerprint density at radius 1 is 1.03 bits per heavy atom. The van der Waals surface area contributed by atoms with Crippen molar-refractivity contribution >= 4 is 5.91 Å². The van der Waals surface area contributed by atoms with Crippen LogP contribution in [-0.4, -0.2) is 43.0 Å². The van der Waals surface area contributed by atoms with Crippen LogP contribution in [0.5, 0.6) is 5.75 Å². The van der Waals surface area contributed by atoms with Crippen LogP contribution in [0, 0.1) is 18.7 Å². The lowest BCUT2D eigenvalue weighted by Gasteiger charge is -2.39. The lowest BCUT2D eigenvalue weighted by atomic mass is 9.83. The summed E-state index contributed by atoms with van der Waals surface area (Å²) in [5, 5.41) is 0. The van der Waals surface area contributed by atoms with E-state index in [1.807, 2.05) is 72.6 Å². The second kappa shape index (κ2) is 10.8. The fourth-order valence-electron chi connectivity index (χ4n) is 4.94. The predicted molar refractivity (Wildman–Crippen MR) is 133 cm³/mol. The van der Waals surface area contributed by atoms with Crippen LogP contribution in [-0.2, 0) is 17.9 Å². The third-order valence-corrected chi connectivity index (χ3v) is 6.71. The van der Waals surface area contributed by atoms with Crippen molar-refractivity contribution in [1.82, 2.24) is 9.80 Å². The fourth-order valence-corrected chi connectivity index (χ4v) is 4.94. The normalized spacial score (nSPS) is 18.5. The van der Waals surface area contributed by atoms with E-state index >= 15 is 0 Å². The zero-order valence-electron chi connectivity index (χ0n) is 20.2. The number of benzene rings is 3. The molecule has 4 nitrogen and oxygen atoms in total. The van der Waals surface area contributed by atoms with Crippen molar-refractivity contribution in [2.75, 3.05) is 27.2 Å². The second-order valence-corrected chi connectivity index (χ2v) is 9.36. The average Bonchev–Trinajstić information content (AvgIpc) is 2.85. The number of ether oxygens (including phenoxy) is 1. The number of hydrogen-bond donors (Lipinski definition) is 0. The first kappa shape index (κ1) is 24.0. The van der Waals surface area contributed by atoms with Crippen LogP contribution in [0.1, 0.15) is 34.6 Å². The summed E-state index contributed by atoms with van der Waals surface area (Å²) in [4.78, 5) is 17.7. The van der Waals surface area contributed by atoms with E-state index in [1.54, 1.807) is 20.1 Å².